The molecule has 1 saturated heterocycles. The summed E-state index contributed by atoms with van der Waals surface area (Å²) in [6.07, 6.45) is 1.17. The van der Waals surface area contributed by atoms with E-state index < -0.39 is 6.03 Å². The zero-order chi connectivity index (χ0) is 11.3. The van der Waals surface area contributed by atoms with Crippen LogP contribution in [0.3, 0.4) is 0 Å². The Kier molecular flexibility index (Phi) is 4.20. The SMILES string of the molecule is CCOC(=O)N1CCC(NC(N)=O)CC1. The van der Waals surface area contributed by atoms with E-state index in [2.05, 4.69) is 5.32 Å². The van der Waals surface area contributed by atoms with Gasteiger partial charge in [0.15, 0.2) is 0 Å². The van der Waals surface area contributed by atoms with E-state index in [0.29, 0.717) is 19.7 Å². The number of nitrogens with two attached hydrogens (primary N) is 1. The molecule has 0 atom stereocenters. The number of primary amides is 1. The third-order valence-electron chi connectivity index (χ3n) is 2.37. The Morgan fingerprint density at radius 3 is 2.53 bits per heavy atom. The van der Waals surface area contributed by atoms with Crippen molar-refractivity contribution in [3.63, 3.8) is 0 Å². The number of likely N-dealkylation sites (tertiary alicyclic amines) is 1. The molecule has 6 nitrogen and oxygen atoms in total. The van der Waals surface area contributed by atoms with Gasteiger partial charge in [0.05, 0.1) is 6.61 Å². The van der Waals surface area contributed by atoms with E-state index in [4.69, 9.17) is 10.5 Å². The van der Waals surface area contributed by atoms with Crippen LogP contribution in [0.5, 0.6) is 0 Å². The van der Waals surface area contributed by atoms with Crippen LogP contribution in [-0.2, 0) is 4.74 Å². The van der Waals surface area contributed by atoms with Crippen molar-refractivity contribution in [1.29, 1.82) is 0 Å². The van der Waals surface area contributed by atoms with Crippen molar-refractivity contribution in [1.82, 2.24) is 10.2 Å². The van der Waals surface area contributed by atoms with Gasteiger partial charge in [-0.2, -0.15) is 0 Å². The molecule has 0 saturated carbocycles. The van der Waals surface area contributed by atoms with Crippen LogP contribution in [0.4, 0.5) is 9.59 Å². The molecule has 1 heterocycles. The minimum absolute atomic E-state index is 0.0770. The summed E-state index contributed by atoms with van der Waals surface area (Å²) in [4.78, 5) is 23.6. The van der Waals surface area contributed by atoms with E-state index in [1.807, 2.05) is 0 Å². The number of carbonyl (C=O) groups is 2. The van der Waals surface area contributed by atoms with Crippen LogP contribution in [0.1, 0.15) is 19.8 Å². The average molecular weight is 215 g/mol. The first kappa shape index (κ1) is 11.6. The van der Waals surface area contributed by atoms with Crippen LogP contribution in [-0.4, -0.2) is 42.8 Å². The normalized spacial score (nSPS) is 17.3. The highest BCUT2D eigenvalue weighted by atomic mass is 16.6. The first-order valence-electron chi connectivity index (χ1n) is 5.11. The Morgan fingerprint density at radius 2 is 2.07 bits per heavy atom. The van der Waals surface area contributed by atoms with Gasteiger partial charge < -0.3 is 20.7 Å². The first-order chi connectivity index (χ1) is 7.13. The van der Waals surface area contributed by atoms with Crippen molar-refractivity contribution in [2.75, 3.05) is 19.7 Å². The Morgan fingerprint density at radius 1 is 1.47 bits per heavy atom. The number of rotatable bonds is 2. The van der Waals surface area contributed by atoms with E-state index in [-0.39, 0.29) is 12.1 Å². The monoisotopic (exact) mass is 215 g/mol. The van der Waals surface area contributed by atoms with Crippen LogP contribution in [0.15, 0.2) is 0 Å². The quantitative estimate of drug-likeness (QED) is 0.693. The summed E-state index contributed by atoms with van der Waals surface area (Å²) in [6.45, 7) is 3.37. The Labute approximate surface area is 88.7 Å². The predicted octanol–water partition coefficient (Wildman–Crippen LogP) is 0.276. The van der Waals surface area contributed by atoms with Gasteiger partial charge in [0.1, 0.15) is 0 Å². The van der Waals surface area contributed by atoms with Gasteiger partial charge in [0.2, 0.25) is 0 Å². The van der Waals surface area contributed by atoms with Crippen molar-refractivity contribution >= 4 is 12.1 Å². The van der Waals surface area contributed by atoms with Crippen molar-refractivity contribution in [2.24, 2.45) is 5.73 Å². The topological polar surface area (TPSA) is 84.7 Å². The fourth-order valence-corrected chi connectivity index (χ4v) is 1.62. The molecular weight excluding hydrogens is 198 g/mol. The van der Waals surface area contributed by atoms with Gasteiger partial charge in [-0.15, -0.1) is 0 Å². The van der Waals surface area contributed by atoms with Crippen molar-refractivity contribution < 1.29 is 14.3 Å². The standard InChI is InChI=1S/C9H17N3O3/c1-2-15-9(14)12-5-3-7(4-6-12)11-8(10)13/h7H,2-6H2,1H3,(H3,10,11,13). The lowest BCUT2D eigenvalue weighted by Crippen LogP contribution is -2.48. The number of ether oxygens (including phenoxy) is 1. The molecule has 6 heteroatoms. The van der Waals surface area contributed by atoms with E-state index in [1.165, 1.54) is 0 Å². The zero-order valence-electron chi connectivity index (χ0n) is 8.86. The molecule has 0 aliphatic carbocycles. The number of urea groups is 1. The summed E-state index contributed by atoms with van der Waals surface area (Å²) < 4.78 is 4.87. The maximum Gasteiger partial charge on any atom is 0.409 e. The molecule has 15 heavy (non-hydrogen) atoms. The molecule has 0 radical (unpaired) electrons. The van der Waals surface area contributed by atoms with Crippen LogP contribution >= 0.6 is 0 Å². The fraction of sp³-hybridized carbons (Fsp3) is 0.778. The molecule has 1 rings (SSSR count). The number of nitrogens with zero attached hydrogens (tertiary/aromatic N) is 1. The number of nitrogens with one attached hydrogen (secondary N) is 1. The molecule has 86 valence electrons. The highest BCUT2D eigenvalue weighted by Gasteiger charge is 2.23. The van der Waals surface area contributed by atoms with Gasteiger partial charge >= 0.3 is 12.1 Å². The molecule has 1 fully saturated rings. The van der Waals surface area contributed by atoms with E-state index in [9.17, 15) is 9.59 Å². The summed E-state index contributed by atoms with van der Waals surface area (Å²) in [5.41, 5.74) is 5.01. The lowest BCUT2D eigenvalue weighted by Gasteiger charge is -2.31. The Bertz CT molecular complexity index is 237. The van der Waals surface area contributed by atoms with Crippen LogP contribution < -0.4 is 11.1 Å². The first-order valence-corrected chi connectivity index (χ1v) is 5.11. The van der Waals surface area contributed by atoms with Crippen LogP contribution in [0, 0.1) is 0 Å². The molecule has 1 aliphatic heterocycles. The molecule has 0 spiro atoms. The summed E-state index contributed by atoms with van der Waals surface area (Å²) in [7, 11) is 0. The maximum absolute atomic E-state index is 11.3. The summed E-state index contributed by atoms with van der Waals surface area (Å²) in [6, 6.07) is -0.433. The molecule has 0 unspecified atom stereocenters. The molecule has 0 aromatic carbocycles. The molecule has 0 bridgehead atoms. The van der Waals surface area contributed by atoms with Crippen LogP contribution in [0.25, 0.3) is 0 Å². The smallest absolute Gasteiger partial charge is 0.409 e. The molecule has 3 N–H and O–H groups in total. The summed E-state index contributed by atoms with van der Waals surface area (Å²) in [5.74, 6) is 0. The maximum atomic E-state index is 11.3. The van der Waals surface area contributed by atoms with Crippen molar-refractivity contribution in [3.05, 3.63) is 0 Å². The predicted molar refractivity (Wildman–Crippen MR) is 54.3 cm³/mol. The van der Waals surface area contributed by atoms with Crippen LogP contribution in [0.2, 0.25) is 0 Å². The minimum atomic E-state index is -0.510. The second kappa shape index (κ2) is 5.43. The van der Waals surface area contributed by atoms with Gasteiger partial charge in [0.25, 0.3) is 0 Å². The lowest BCUT2D eigenvalue weighted by molar-refractivity contribution is 0.0958. The molecule has 1 aliphatic rings. The lowest BCUT2D eigenvalue weighted by atomic mass is 10.1. The van der Waals surface area contributed by atoms with E-state index >= 15 is 0 Å². The zero-order valence-corrected chi connectivity index (χ0v) is 8.86. The third kappa shape index (κ3) is 3.65. The van der Waals surface area contributed by atoms with Gasteiger partial charge in [-0.1, -0.05) is 0 Å². The second-order valence-corrected chi connectivity index (χ2v) is 3.47. The van der Waals surface area contributed by atoms with Gasteiger partial charge in [-0.05, 0) is 19.8 Å². The summed E-state index contributed by atoms with van der Waals surface area (Å²) in [5, 5.41) is 2.63. The molecule has 0 aromatic rings. The second-order valence-electron chi connectivity index (χ2n) is 3.47. The number of carbonyl (C=O) groups excluding carboxylic acids is 2. The highest BCUT2D eigenvalue weighted by molar-refractivity contribution is 5.72. The Hall–Kier alpha value is -1.46. The molecule has 3 amide bonds. The molecule has 0 aromatic heterocycles. The largest absolute Gasteiger partial charge is 0.450 e. The number of piperidine rings is 1. The number of hydrogen-bond acceptors (Lipinski definition) is 3. The average Bonchev–Trinajstić information content (AvgIpc) is 2.18. The van der Waals surface area contributed by atoms with E-state index in [0.717, 1.165) is 12.8 Å². The van der Waals surface area contributed by atoms with Gasteiger partial charge in [-0.3, -0.25) is 0 Å². The number of hydrogen-bond donors (Lipinski definition) is 2. The van der Waals surface area contributed by atoms with Crippen molar-refractivity contribution in [2.45, 2.75) is 25.8 Å². The van der Waals surface area contributed by atoms with E-state index in [1.54, 1.807) is 11.8 Å². The summed E-state index contributed by atoms with van der Waals surface area (Å²) >= 11 is 0. The fourth-order valence-electron chi connectivity index (χ4n) is 1.62. The van der Waals surface area contributed by atoms with Crippen molar-refractivity contribution in [3.8, 4) is 0 Å². The highest BCUT2D eigenvalue weighted by Crippen LogP contribution is 2.11. The van der Waals surface area contributed by atoms with Gasteiger partial charge in [-0.25, -0.2) is 9.59 Å². The Balaban J connectivity index is 2.29. The minimum Gasteiger partial charge on any atom is -0.450 e. The molecular formula is C9H17N3O3. The van der Waals surface area contributed by atoms with Gasteiger partial charge in [0, 0.05) is 19.1 Å². The number of amides is 3. The third-order valence-corrected chi connectivity index (χ3v) is 2.37.